The Morgan fingerprint density at radius 2 is 2.25 bits per heavy atom. The molecule has 1 radical (unpaired) electrons. The van der Waals surface area contributed by atoms with Gasteiger partial charge < -0.3 is 0 Å². The molecular formula is C11H14N. The molecule has 1 nitrogen and oxygen atoms in total. The minimum atomic E-state index is 0.468. The topological polar surface area (TPSA) is 14.1 Å². The van der Waals surface area contributed by atoms with E-state index in [1.165, 1.54) is 11.1 Å². The molecule has 0 saturated carbocycles. The maximum absolute atomic E-state index is 4.59. The predicted octanol–water partition coefficient (Wildman–Crippen LogP) is 2.30. The van der Waals surface area contributed by atoms with Gasteiger partial charge in [-0.25, -0.2) is 5.32 Å². The van der Waals surface area contributed by atoms with Crippen molar-refractivity contribution in [3.8, 4) is 0 Å². The first kappa shape index (κ1) is 7.81. The van der Waals surface area contributed by atoms with Crippen LogP contribution in [-0.2, 0) is 6.42 Å². The molecule has 0 amide bonds. The summed E-state index contributed by atoms with van der Waals surface area (Å²) in [5.74, 6) is 0. The maximum Gasteiger partial charge on any atom is 0.0495 e. The van der Waals surface area contributed by atoms with Crippen LogP contribution >= 0.6 is 0 Å². The van der Waals surface area contributed by atoms with E-state index in [0.29, 0.717) is 6.04 Å². The molecule has 1 atom stereocenters. The lowest BCUT2D eigenvalue weighted by Gasteiger charge is -2.23. The lowest BCUT2D eigenvalue weighted by molar-refractivity contribution is 0.482. The number of hydrogen-bond donors (Lipinski definition) is 0. The second kappa shape index (κ2) is 3.28. The van der Waals surface area contributed by atoms with E-state index in [-0.39, 0.29) is 0 Å². The van der Waals surface area contributed by atoms with Crippen molar-refractivity contribution in [3.05, 3.63) is 35.4 Å². The highest BCUT2D eigenvalue weighted by Gasteiger charge is 2.17. The molecule has 63 valence electrons. The van der Waals surface area contributed by atoms with Crippen molar-refractivity contribution in [2.45, 2.75) is 25.8 Å². The van der Waals surface area contributed by atoms with Gasteiger partial charge >= 0.3 is 0 Å². The van der Waals surface area contributed by atoms with Crippen LogP contribution in [0.25, 0.3) is 0 Å². The fourth-order valence-corrected chi connectivity index (χ4v) is 1.88. The lowest BCUT2D eigenvalue weighted by Crippen LogP contribution is -2.23. The van der Waals surface area contributed by atoms with Crippen LogP contribution in [-0.4, -0.2) is 6.54 Å². The Kier molecular flexibility index (Phi) is 2.13. The molecule has 1 unspecified atom stereocenters. The van der Waals surface area contributed by atoms with Crippen LogP contribution in [0.4, 0.5) is 0 Å². The first-order valence-electron chi connectivity index (χ1n) is 4.66. The zero-order valence-electron chi connectivity index (χ0n) is 7.46. The zero-order chi connectivity index (χ0) is 8.39. The fraction of sp³-hybridized carbons (Fsp3) is 0.455. The van der Waals surface area contributed by atoms with E-state index in [9.17, 15) is 0 Å². The van der Waals surface area contributed by atoms with E-state index in [1.807, 2.05) is 0 Å². The van der Waals surface area contributed by atoms with Crippen LogP contribution in [0.15, 0.2) is 24.3 Å². The number of rotatable bonds is 1. The van der Waals surface area contributed by atoms with Gasteiger partial charge in [0.2, 0.25) is 0 Å². The largest absolute Gasteiger partial charge is 0.233 e. The first-order valence-corrected chi connectivity index (χ1v) is 4.66. The summed E-state index contributed by atoms with van der Waals surface area (Å²) in [6.07, 6.45) is 2.27. The smallest absolute Gasteiger partial charge is 0.0495 e. The van der Waals surface area contributed by atoms with Crippen LogP contribution in [0, 0.1) is 0 Å². The van der Waals surface area contributed by atoms with E-state index in [2.05, 4.69) is 36.5 Å². The van der Waals surface area contributed by atoms with Crippen molar-refractivity contribution in [1.82, 2.24) is 5.32 Å². The summed E-state index contributed by atoms with van der Waals surface area (Å²) in [4.78, 5) is 0. The minimum Gasteiger partial charge on any atom is -0.233 e. The lowest BCUT2D eigenvalue weighted by atomic mass is 9.93. The maximum atomic E-state index is 4.59. The van der Waals surface area contributed by atoms with E-state index < -0.39 is 0 Å². The molecule has 0 aromatic heterocycles. The van der Waals surface area contributed by atoms with Gasteiger partial charge in [0.25, 0.3) is 0 Å². The van der Waals surface area contributed by atoms with Crippen molar-refractivity contribution in [3.63, 3.8) is 0 Å². The molecule has 1 heteroatoms. The van der Waals surface area contributed by atoms with Gasteiger partial charge in [-0.15, -0.1) is 0 Å². The molecule has 0 aliphatic carbocycles. The molecule has 0 bridgehead atoms. The zero-order valence-corrected chi connectivity index (χ0v) is 7.46. The average molecular weight is 160 g/mol. The summed E-state index contributed by atoms with van der Waals surface area (Å²) < 4.78 is 0. The van der Waals surface area contributed by atoms with Gasteiger partial charge in [-0.05, 0) is 24.0 Å². The van der Waals surface area contributed by atoms with Crippen LogP contribution in [0.5, 0.6) is 0 Å². The summed E-state index contributed by atoms with van der Waals surface area (Å²) in [5, 5.41) is 4.59. The molecule has 0 spiro atoms. The van der Waals surface area contributed by atoms with Crippen molar-refractivity contribution < 1.29 is 0 Å². The Bertz CT molecular complexity index is 267. The van der Waals surface area contributed by atoms with Crippen LogP contribution < -0.4 is 5.32 Å². The van der Waals surface area contributed by atoms with Gasteiger partial charge in [0.15, 0.2) is 0 Å². The van der Waals surface area contributed by atoms with Crippen molar-refractivity contribution in [1.29, 1.82) is 0 Å². The van der Waals surface area contributed by atoms with E-state index >= 15 is 0 Å². The minimum absolute atomic E-state index is 0.468. The number of nitrogens with zero attached hydrogens (tertiary/aromatic N) is 1. The molecular weight excluding hydrogens is 146 g/mol. The molecule has 12 heavy (non-hydrogen) atoms. The Morgan fingerprint density at radius 3 is 3.08 bits per heavy atom. The highest BCUT2D eigenvalue weighted by Crippen LogP contribution is 2.25. The highest BCUT2D eigenvalue weighted by molar-refractivity contribution is 5.32. The molecule has 1 aliphatic heterocycles. The predicted molar refractivity (Wildman–Crippen MR) is 50.2 cm³/mol. The third-order valence-corrected chi connectivity index (χ3v) is 2.53. The van der Waals surface area contributed by atoms with Gasteiger partial charge in [0, 0.05) is 12.6 Å². The second-order valence-electron chi connectivity index (χ2n) is 3.28. The molecule has 0 fully saturated rings. The number of fused-ring (bicyclic) bond motifs is 1. The third kappa shape index (κ3) is 1.25. The van der Waals surface area contributed by atoms with Crippen LogP contribution in [0.3, 0.4) is 0 Å². The SMILES string of the molecule is CCC1[N]CCc2ccccc21. The van der Waals surface area contributed by atoms with Crippen LogP contribution in [0.2, 0.25) is 0 Å². The molecule has 1 aromatic carbocycles. The third-order valence-electron chi connectivity index (χ3n) is 2.53. The molecule has 0 saturated heterocycles. The highest BCUT2D eigenvalue weighted by atomic mass is 14.9. The summed E-state index contributed by atoms with van der Waals surface area (Å²) >= 11 is 0. The monoisotopic (exact) mass is 160 g/mol. The Morgan fingerprint density at radius 1 is 1.42 bits per heavy atom. The summed E-state index contributed by atoms with van der Waals surface area (Å²) in [5.41, 5.74) is 2.95. The van der Waals surface area contributed by atoms with Gasteiger partial charge in [0.05, 0.1) is 0 Å². The number of hydrogen-bond acceptors (Lipinski definition) is 0. The Hall–Kier alpha value is -0.820. The van der Waals surface area contributed by atoms with Gasteiger partial charge in [0.1, 0.15) is 0 Å². The van der Waals surface area contributed by atoms with Crippen molar-refractivity contribution >= 4 is 0 Å². The van der Waals surface area contributed by atoms with Gasteiger partial charge in [-0.3, -0.25) is 0 Å². The summed E-state index contributed by atoms with van der Waals surface area (Å²) in [6, 6.07) is 9.15. The summed E-state index contributed by atoms with van der Waals surface area (Å²) in [7, 11) is 0. The van der Waals surface area contributed by atoms with E-state index in [4.69, 9.17) is 0 Å². The average Bonchev–Trinajstić information content (AvgIpc) is 2.17. The quantitative estimate of drug-likeness (QED) is 0.598. The van der Waals surface area contributed by atoms with E-state index in [1.54, 1.807) is 0 Å². The number of benzene rings is 1. The van der Waals surface area contributed by atoms with Crippen molar-refractivity contribution in [2.75, 3.05) is 6.54 Å². The molecule has 1 heterocycles. The van der Waals surface area contributed by atoms with E-state index in [0.717, 1.165) is 19.4 Å². The molecule has 2 rings (SSSR count). The molecule has 1 aromatic rings. The normalized spacial score (nSPS) is 21.9. The fourth-order valence-electron chi connectivity index (χ4n) is 1.88. The van der Waals surface area contributed by atoms with Gasteiger partial charge in [-0.2, -0.15) is 0 Å². The van der Waals surface area contributed by atoms with Gasteiger partial charge in [-0.1, -0.05) is 31.2 Å². The second-order valence-corrected chi connectivity index (χ2v) is 3.28. The standard InChI is InChI=1S/C11H14N/c1-2-11-10-6-4-3-5-9(10)7-8-12-11/h3-6,11H,2,7-8H2,1H3. The first-order chi connectivity index (χ1) is 5.92. The van der Waals surface area contributed by atoms with Crippen molar-refractivity contribution in [2.24, 2.45) is 0 Å². The molecule has 1 aliphatic rings. The molecule has 0 N–H and O–H groups in total. The summed E-state index contributed by atoms with van der Waals surface area (Å²) in [6.45, 7) is 3.21. The van der Waals surface area contributed by atoms with Crippen LogP contribution in [0.1, 0.15) is 30.5 Å². The Balaban J connectivity index is 2.37. The Labute approximate surface area is 73.8 Å².